The van der Waals surface area contributed by atoms with Crippen molar-refractivity contribution in [2.24, 2.45) is 0 Å². The maximum atomic E-state index is 11.7. The summed E-state index contributed by atoms with van der Waals surface area (Å²) in [7, 11) is -3.76. The van der Waals surface area contributed by atoms with E-state index in [1.807, 2.05) is 4.72 Å². The minimum absolute atomic E-state index is 0.319. The molecule has 8 heteroatoms. The van der Waals surface area contributed by atoms with E-state index in [9.17, 15) is 13.2 Å². The number of carbonyl (C=O) groups is 1. The molecule has 0 aromatic heterocycles. The first kappa shape index (κ1) is 15.2. The molecule has 0 aliphatic carbocycles. The van der Waals surface area contributed by atoms with E-state index in [4.69, 9.17) is 28.3 Å². The first-order valence-electron chi connectivity index (χ1n) is 4.87. The molecule has 0 aliphatic heterocycles. The van der Waals surface area contributed by atoms with E-state index in [1.165, 1.54) is 25.1 Å². The Bertz CT molecular complexity index is 539. The fourth-order valence-electron chi connectivity index (χ4n) is 1.28. The van der Waals surface area contributed by atoms with Crippen LogP contribution >= 0.6 is 23.2 Å². The van der Waals surface area contributed by atoms with E-state index in [2.05, 4.69) is 0 Å². The number of benzene rings is 1. The van der Waals surface area contributed by atoms with Gasteiger partial charge >= 0.3 is 5.97 Å². The first-order valence-corrected chi connectivity index (χ1v) is 7.28. The number of nitrogens with one attached hydrogen (secondary N) is 1. The predicted octanol–water partition coefficient (Wildman–Crippen LogP) is 1.89. The normalized spacial score (nSPS) is 13.3. The minimum Gasteiger partial charge on any atom is -0.480 e. The molecule has 1 aromatic carbocycles. The zero-order valence-electron chi connectivity index (χ0n) is 9.35. The van der Waals surface area contributed by atoms with Gasteiger partial charge < -0.3 is 5.11 Å². The number of hydrogen-bond donors (Lipinski definition) is 2. The quantitative estimate of drug-likeness (QED) is 0.869. The summed E-state index contributed by atoms with van der Waals surface area (Å²) in [4.78, 5) is 10.6. The lowest BCUT2D eigenvalue weighted by Gasteiger charge is -2.10. The number of aliphatic carboxylic acids is 1. The molecule has 0 fully saturated rings. The largest absolute Gasteiger partial charge is 0.480 e. The minimum atomic E-state index is -3.76. The summed E-state index contributed by atoms with van der Waals surface area (Å²) in [6.45, 7) is 1.24. The number of carboxylic acid groups (broad SMARTS) is 1. The Kier molecular flexibility index (Phi) is 4.98. The Morgan fingerprint density at radius 1 is 1.33 bits per heavy atom. The summed E-state index contributed by atoms with van der Waals surface area (Å²) in [6, 6.07) is 3.20. The van der Waals surface area contributed by atoms with E-state index in [1.54, 1.807) is 0 Å². The lowest BCUT2D eigenvalue weighted by atomic mass is 10.2. The third kappa shape index (κ3) is 4.81. The molecule has 0 amide bonds. The van der Waals surface area contributed by atoms with Gasteiger partial charge in [0.05, 0.1) is 5.75 Å². The van der Waals surface area contributed by atoms with Gasteiger partial charge in [-0.1, -0.05) is 23.2 Å². The van der Waals surface area contributed by atoms with Gasteiger partial charge in [0.15, 0.2) is 0 Å². The van der Waals surface area contributed by atoms with Crippen LogP contribution in [0.3, 0.4) is 0 Å². The third-order valence-electron chi connectivity index (χ3n) is 2.01. The summed E-state index contributed by atoms with van der Waals surface area (Å²) in [5, 5.41) is 9.27. The van der Waals surface area contributed by atoms with E-state index in [-0.39, 0.29) is 5.75 Å². The van der Waals surface area contributed by atoms with Crippen LogP contribution in [-0.2, 0) is 20.6 Å². The fourth-order valence-corrected chi connectivity index (χ4v) is 3.17. The van der Waals surface area contributed by atoms with Crippen LogP contribution in [0.15, 0.2) is 18.2 Å². The van der Waals surface area contributed by atoms with Crippen LogP contribution in [-0.4, -0.2) is 25.5 Å². The SMILES string of the molecule is C[C@H](NS(=O)(=O)Cc1cc(Cl)cc(Cl)c1)C(=O)O. The van der Waals surface area contributed by atoms with E-state index in [0.717, 1.165) is 0 Å². The van der Waals surface area contributed by atoms with Crippen molar-refractivity contribution in [2.75, 3.05) is 0 Å². The number of sulfonamides is 1. The summed E-state index contributed by atoms with van der Waals surface area (Å²) >= 11 is 11.5. The Hall–Kier alpha value is -0.820. The van der Waals surface area contributed by atoms with Crippen molar-refractivity contribution in [2.45, 2.75) is 18.7 Å². The Morgan fingerprint density at radius 3 is 2.28 bits per heavy atom. The molecule has 0 unspecified atom stereocenters. The molecule has 100 valence electrons. The third-order valence-corrected chi connectivity index (χ3v) is 3.87. The highest BCUT2D eigenvalue weighted by Crippen LogP contribution is 2.20. The molecule has 1 atom stereocenters. The molecule has 1 aromatic rings. The standard InChI is InChI=1S/C10H11Cl2NO4S/c1-6(10(14)15)13-18(16,17)5-7-2-8(11)4-9(12)3-7/h2-4,6,13H,5H2,1H3,(H,14,15)/t6-/m0/s1. The Balaban J connectivity index is 2.85. The molecular weight excluding hydrogens is 301 g/mol. The molecule has 1 rings (SSSR count). The second-order valence-corrected chi connectivity index (χ2v) is 6.34. The molecular formula is C10H11Cl2NO4S. The van der Waals surface area contributed by atoms with Gasteiger partial charge in [-0.3, -0.25) is 4.79 Å². The smallest absolute Gasteiger partial charge is 0.321 e. The van der Waals surface area contributed by atoms with Crippen molar-refractivity contribution in [1.82, 2.24) is 4.72 Å². The lowest BCUT2D eigenvalue weighted by Crippen LogP contribution is -2.38. The molecule has 0 heterocycles. The molecule has 0 saturated heterocycles. The molecule has 5 nitrogen and oxygen atoms in total. The van der Waals surface area contributed by atoms with Gasteiger partial charge in [0.25, 0.3) is 0 Å². The van der Waals surface area contributed by atoms with Gasteiger partial charge in [0.1, 0.15) is 6.04 Å². The average Bonchev–Trinajstić information content (AvgIpc) is 2.13. The van der Waals surface area contributed by atoms with Crippen molar-refractivity contribution in [1.29, 1.82) is 0 Å². The molecule has 0 saturated carbocycles. The van der Waals surface area contributed by atoms with Gasteiger partial charge in [-0.2, -0.15) is 0 Å². The Labute approximate surface area is 115 Å². The van der Waals surface area contributed by atoms with E-state index >= 15 is 0 Å². The molecule has 0 spiro atoms. The first-order chi connectivity index (χ1) is 8.19. The second kappa shape index (κ2) is 5.88. The molecule has 0 bridgehead atoms. The predicted molar refractivity (Wildman–Crippen MR) is 69.3 cm³/mol. The van der Waals surface area contributed by atoms with Crippen LogP contribution in [0.5, 0.6) is 0 Å². The molecule has 0 aliphatic rings. The molecule has 18 heavy (non-hydrogen) atoms. The van der Waals surface area contributed by atoms with Crippen LogP contribution in [0.25, 0.3) is 0 Å². The highest BCUT2D eigenvalue weighted by atomic mass is 35.5. The number of hydrogen-bond acceptors (Lipinski definition) is 3. The van der Waals surface area contributed by atoms with Crippen molar-refractivity contribution >= 4 is 39.2 Å². The summed E-state index contributed by atoms with van der Waals surface area (Å²) in [6.07, 6.45) is 0. The lowest BCUT2D eigenvalue weighted by molar-refractivity contribution is -0.138. The maximum Gasteiger partial charge on any atom is 0.321 e. The molecule has 0 radical (unpaired) electrons. The maximum absolute atomic E-state index is 11.7. The van der Waals surface area contributed by atoms with Crippen molar-refractivity contribution in [3.8, 4) is 0 Å². The number of carboxylic acids is 1. The van der Waals surface area contributed by atoms with Gasteiger partial charge in [-0.25, -0.2) is 13.1 Å². The van der Waals surface area contributed by atoms with Crippen LogP contribution in [0.4, 0.5) is 0 Å². The monoisotopic (exact) mass is 311 g/mol. The van der Waals surface area contributed by atoms with Crippen molar-refractivity contribution in [3.05, 3.63) is 33.8 Å². The van der Waals surface area contributed by atoms with Crippen LogP contribution in [0, 0.1) is 0 Å². The van der Waals surface area contributed by atoms with Gasteiger partial charge in [0.2, 0.25) is 10.0 Å². The van der Waals surface area contributed by atoms with Crippen LogP contribution in [0.2, 0.25) is 10.0 Å². The summed E-state index contributed by atoms with van der Waals surface area (Å²) in [5.74, 6) is -1.63. The topological polar surface area (TPSA) is 83.5 Å². The number of rotatable bonds is 5. The molecule has 2 N–H and O–H groups in total. The van der Waals surface area contributed by atoms with Crippen molar-refractivity contribution < 1.29 is 18.3 Å². The highest BCUT2D eigenvalue weighted by molar-refractivity contribution is 7.88. The van der Waals surface area contributed by atoms with Crippen LogP contribution in [0.1, 0.15) is 12.5 Å². The van der Waals surface area contributed by atoms with E-state index < -0.39 is 22.0 Å². The zero-order chi connectivity index (χ0) is 13.9. The van der Waals surface area contributed by atoms with Gasteiger partial charge in [-0.05, 0) is 30.7 Å². The van der Waals surface area contributed by atoms with Crippen molar-refractivity contribution in [3.63, 3.8) is 0 Å². The highest BCUT2D eigenvalue weighted by Gasteiger charge is 2.20. The van der Waals surface area contributed by atoms with E-state index in [0.29, 0.717) is 15.6 Å². The summed E-state index contributed by atoms with van der Waals surface area (Å²) in [5.41, 5.74) is 0.387. The van der Waals surface area contributed by atoms with Crippen LogP contribution < -0.4 is 4.72 Å². The summed E-state index contributed by atoms with van der Waals surface area (Å²) < 4.78 is 25.4. The van der Waals surface area contributed by atoms with Gasteiger partial charge in [-0.15, -0.1) is 0 Å². The number of halogens is 2. The van der Waals surface area contributed by atoms with Gasteiger partial charge in [0, 0.05) is 10.0 Å². The fraction of sp³-hybridized carbons (Fsp3) is 0.300. The second-order valence-electron chi connectivity index (χ2n) is 3.71. The average molecular weight is 312 g/mol. The zero-order valence-corrected chi connectivity index (χ0v) is 11.7. The Morgan fingerprint density at radius 2 is 1.83 bits per heavy atom.